The van der Waals surface area contributed by atoms with E-state index in [1.165, 1.54) is 9.80 Å². The summed E-state index contributed by atoms with van der Waals surface area (Å²) in [6, 6.07) is 5.61. The van der Waals surface area contributed by atoms with E-state index in [4.69, 9.17) is 0 Å². The Hall–Kier alpha value is -2.15. The van der Waals surface area contributed by atoms with Crippen LogP contribution in [0.1, 0.15) is 6.92 Å². The standard InChI is InChI=1S/C15H21N5O2/c1-12(14(21)20-7-6-17-15(20)22)18-8-10-19(11-9-18)13-4-2-3-5-16-13/h2-5,12H,6-11H2,1H3,(H,17,22)/p+2/t12-/m1/s1. The van der Waals surface area contributed by atoms with Crippen molar-refractivity contribution in [2.45, 2.75) is 13.0 Å². The van der Waals surface area contributed by atoms with Crippen LogP contribution in [0, 0.1) is 0 Å². The quantitative estimate of drug-likeness (QED) is 0.688. The van der Waals surface area contributed by atoms with Crippen LogP contribution >= 0.6 is 0 Å². The number of urea groups is 1. The SMILES string of the molecule is C[C@H](C(=O)N1CCNC1=O)[NH+]1CCN(c2cccc[nH+]2)CC1. The molecule has 3 N–H and O–H groups in total. The molecule has 22 heavy (non-hydrogen) atoms. The number of quaternary nitrogens is 1. The number of hydrogen-bond donors (Lipinski definition) is 2. The molecule has 2 aliphatic heterocycles. The van der Waals surface area contributed by atoms with Crippen LogP contribution in [0.15, 0.2) is 24.4 Å². The lowest BCUT2D eigenvalue weighted by molar-refractivity contribution is -0.915. The Labute approximate surface area is 129 Å². The lowest BCUT2D eigenvalue weighted by Gasteiger charge is -2.32. The van der Waals surface area contributed by atoms with Gasteiger partial charge in [0.05, 0.1) is 6.20 Å². The molecule has 1 aromatic heterocycles. The lowest BCUT2D eigenvalue weighted by atomic mass is 10.2. The topological polar surface area (TPSA) is 71.2 Å². The summed E-state index contributed by atoms with van der Waals surface area (Å²) in [6.07, 6.45) is 1.92. The third-order valence-corrected chi connectivity index (χ3v) is 4.54. The molecule has 0 unspecified atom stereocenters. The molecule has 0 aliphatic carbocycles. The first-order valence-corrected chi connectivity index (χ1v) is 7.82. The number of piperazine rings is 1. The van der Waals surface area contributed by atoms with Gasteiger partial charge in [-0.25, -0.2) is 9.78 Å². The number of aromatic amines is 1. The summed E-state index contributed by atoms with van der Waals surface area (Å²) in [7, 11) is 0. The smallest absolute Gasteiger partial charge is 0.324 e. The van der Waals surface area contributed by atoms with Crippen molar-refractivity contribution in [2.24, 2.45) is 0 Å². The first-order valence-electron chi connectivity index (χ1n) is 7.82. The van der Waals surface area contributed by atoms with E-state index in [0.29, 0.717) is 13.1 Å². The number of rotatable bonds is 3. The summed E-state index contributed by atoms with van der Waals surface area (Å²) in [4.78, 5) is 32.2. The number of hydrogen-bond acceptors (Lipinski definition) is 3. The number of nitrogens with one attached hydrogen (secondary N) is 3. The van der Waals surface area contributed by atoms with Crippen molar-refractivity contribution in [3.05, 3.63) is 24.4 Å². The zero-order valence-electron chi connectivity index (χ0n) is 12.8. The molecule has 118 valence electrons. The van der Waals surface area contributed by atoms with Gasteiger partial charge in [-0.1, -0.05) is 6.07 Å². The van der Waals surface area contributed by atoms with Crippen molar-refractivity contribution in [3.8, 4) is 0 Å². The molecule has 0 radical (unpaired) electrons. The Bertz CT molecular complexity index is 542. The third kappa shape index (κ3) is 2.89. The number of amides is 3. The highest BCUT2D eigenvalue weighted by Gasteiger charge is 2.37. The molecule has 1 atom stereocenters. The third-order valence-electron chi connectivity index (χ3n) is 4.54. The largest absolute Gasteiger partial charge is 0.336 e. The molecule has 2 fully saturated rings. The fourth-order valence-corrected chi connectivity index (χ4v) is 3.14. The second kappa shape index (κ2) is 6.31. The fraction of sp³-hybridized carbons (Fsp3) is 0.533. The summed E-state index contributed by atoms with van der Waals surface area (Å²) in [6.45, 7) is 6.56. The maximum absolute atomic E-state index is 12.4. The number of nitrogens with zero attached hydrogens (tertiary/aromatic N) is 2. The Morgan fingerprint density at radius 3 is 2.68 bits per heavy atom. The number of aromatic nitrogens is 1. The van der Waals surface area contributed by atoms with E-state index in [9.17, 15) is 9.59 Å². The second-order valence-corrected chi connectivity index (χ2v) is 5.84. The van der Waals surface area contributed by atoms with E-state index < -0.39 is 0 Å². The molecule has 0 bridgehead atoms. The summed E-state index contributed by atoms with van der Waals surface area (Å²) in [5.41, 5.74) is 0. The van der Waals surface area contributed by atoms with Crippen LogP contribution in [-0.2, 0) is 4.79 Å². The predicted octanol–water partition coefficient (Wildman–Crippen LogP) is -1.85. The molecule has 1 aromatic rings. The van der Waals surface area contributed by atoms with E-state index in [1.807, 2.05) is 25.3 Å². The van der Waals surface area contributed by atoms with Crippen molar-refractivity contribution in [2.75, 3.05) is 44.2 Å². The average molecular weight is 305 g/mol. The summed E-state index contributed by atoms with van der Waals surface area (Å²) < 4.78 is 0. The molecule has 7 nitrogen and oxygen atoms in total. The molecule has 2 saturated heterocycles. The molecule has 3 amide bonds. The normalized spacial score (nSPS) is 20.9. The van der Waals surface area contributed by atoms with Gasteiger partial charge in [0.25, 0.3) is 11.7 Å². The van der Waals surface area contributed by atoms with Crippen LogP contribution < -0.4 is 20.1 Å². The highest BCUT2D eigenvalue weighted by atomic mass is 16.2. The van der Waals surface area contributed by atoms with Crippen molar-refractivity contribution in [1.29, 1.82) is 0 Å². The van der Waals surface area contributed by atoms with Crippen molar-refractivity contribution in [3.63, 3.8) is 0 Å². The van der Waals surface area contributed by atoms with Gasteiger partial charge in [-0.15, -0.1) is 0 Å². The summed E-state index contributed by atoms with van der Waals surface area (Å²) >= 11 is 0. The molecular weight excluding hydrogens is 282 g/mol. The number of carbonyl (C=O) groups excluding carboxylic acids is 2. The van der Waals surface area contributed by atoms with Crippen LogP contribution in [-0.4, -0.2) is 62.1 Å². The van der Waals surface area contributed by atoms with Crippen molar-refractivity contribution >= 4 is 17.8 Å². The van der Waals surface area contributed by atoms with Gasteiger partial charge < -0.3 is 10.2 Å². The maximum Gasteiger partial charge on any atom is 0.324 e. The summed E-state index contributed by atoms with van der Waals surface area (Å²) in [5, 5.41) is 2.68. The molecule has 7 heteroatoms. The van der Waals surface area contributed by atoms with Gasteiger partial charge in [0.1, 0.15) is 26.2 Å². The minimum absolute atomic E-state index is 0.0651. The molecule has 3 rings (SSSR count). The second-order valence-electron chi connectivity index (χ2n) is 5.84. The molecule has 3 heterocycles. The van der Waals surface area contributed by atoms with Crippen LogP contribution in [0.2, 0.25) is 0 Å². The maximum atomic E-state index is 12.4. The molecule has 0 spiro atoms. The minimum Gasteiger partial charge on any atom is -0.336 e. The Morgan fingerprint density at radius 2 is 2.09 bits per heavy atom. The van der Waals surface area contributed by atoms with Crippen LogP contribution in [0.25, 0.3) is 0 Å². The van der Waals surface area contributed by atoms with Crippen LogP contribution in [0.5, 0.6) is 0 Å². The monoisotopic (exact) mass is 305 g/mol. The minimum atomic E-state index is -0.256. The van der Waals surface area contributed by atoms with E-state index in [1.54, 1.807) is 0 Å². The number of imide groups is 1. The highest BCUT2D eigenvalue weighted by Crippen LogP contribution is 2.05. The Kier molecular flexibility index (Phi) is 4.24. The number of carbonyl (C=O) groups is 2. The first-order chi connectivity index (χ1) is 10.7. The van der Waals surface area contributed by atoms with Gasteiger partial charge in [-0.3, -0.25) is 14.6 Å². The molecular formula is C15H23N5O2+2. The lowest BCUT2D eigenvalue weighted by Crippen LogP contribution is -3.19. The number of pyridine rings is 1. The van der Waals surface area contributed by atoms with Gasteiger partial charge in [0.15, 0.2) is 6.04 Å². The van der Waals surface area contributed by atoms with Crippen molar-refractivity contribution < 1.29 is 19.5 Å². The predicted molar refractivity (Wildman–Crippen MR) is 80.5 cm³/mol. The molecule has 0 saturated carbocycles. The van der Waals surface area contributed by atoms with Gasteiger partial charge in [-0.05, 0) is 13.0 Å². The zero-order chi connectivity index (χ0) is 15.5. The van der Waals surface area contributed by atoms with E-state index in [-0.39, 0.29) is 18.0 Å². The van der Waals surface area contributed by atoms with Gasteiger partial charge in [0.2, 0.25) is 0 Å². The number of anilines is 1. The van der Waals surface area contributed by atoms with E-state index >= 15 is 0 Å². The highest BCUT2D eigenvalue weighted by molar-refractivity contribution is 5.97. The summed E-state index contributed by atoms with van der Waals surface area (Å²) in [5.74, 6) is 1.05. The van der Waals surface area contributed by atoms with Gasteiger partial charge >= 0.3 is 6.03 Å². The Balaban J connectivity index is 1.57. The zero-order valence-corrected chi connectivity index (χ0v) is 12.8. The van der Waals surface area contributed by atoms with Gasteiger partial charge in [0, 0.05) is 19.2 Å². The van der Waals surface area contributed by atoms with Crippen molar-refractivity contribution in [1.82, 2.24) is 10.2 Å². The van der Waals surface area contributed by atoms with Crippen LogP contribution in [0.4, 0.5) is 10.6 Å². The van der Waals surface area contributed by atoms with E-state index in [0.717, 1.165) is 32.0 Å². The van der Waals surface area contributed by atoms with E-state index in [2.05, 4.69) is 21.3 Å². The molecule has 0 aromatic carbocycles. The average Bonchev–Trinajstić information content (AvgIpc) is 3.00. The van der Waals surface area contributed by atoms with Gasteiger partial charge in [-0.2, -0.15) is 0 Å². The Morgan fingerprint density at radius 1 is 1.32 bits per heavy atom. The number of H-pyrrole nitrogens is 1. The molecule has 2 aliphatic rings. The van der Waals surface area contributed by atoms with Crippen LogP contribution in [0.3, 0.4) is 0 Å². The fourth-order valence-electron chi connectivity index (χ4n) is 3.14. The first kappa shape index (κ1) is 14.8.